The number of phenols is 1. The molecule has 1 amide bonds. The molecule has 0 aromatic heterocycles. The van der Waals surface area contributed by atoms with E-state index in [-0.39, 0.29) is 11.7 Å². The van der Waals surface area contributed by atoms with Crippen LogP contribution in [0.1, 0.15) is 27.5 Å². The first kappa shape index (κ1) is 19.8. The molecule has 30 heavy (non-hydrogen) atoms. The van der Waals surface area contributed by atoms with E-state index < -0.39 is 6.04 Å². The van der Waals surface area contributed by atoms with Gasteiger partial charge in [-0.25, -0.2) is 0 Å². The first-order valence-electron chi connectivity index (χ1n) is 9.48. The van der Waals surface area contributed by atoms with E-state index in [2.05, 4.69) is 5.32 Å². The second-order valence-electron chi connectivity index (χ2n) is 6.91. The van der Waals surface area contributed by atoms with Crippen molar-refractivity contribution in [2.75, 3.05) is 7.11 Å². The molecule has 0 aliphatic carbocycles. The second kappa shape index (κ2) is 8.47. The highest BCUT2D eigenvalue weighted by atomic mass is 35.5. The van der Waals surface area contributed by atoms with Crippen LogP contribution >= 0.6 is 11.6 Å². The van der Waals surface area contributed by atoms with Gasteiger partial charge in [-0.15, -0.1) is 0 Å². The summed E-state index contributed by atoms with van der Waals surface area (Å²) < 4.78 is 5.23. The molecule has 150 valence electrons. The van der Waals surface area contributed by atoms with Gasteiger partial charge in [-0.1, -0.05) is 60.1 Å². The molecule has 0 aliphatic rings. The van der Waals surface area contributed by atoms with Crippen LogP contribution in [-0.4, -0.2) is 18.1 Å². The Bertz CT molecular complexity index is 1200. The average molecular weight is 418 g/mol. The molecule has 0 aliphatic heterocycles. The van der Waals surface area contributed by atoms with E-state index in [4.69, 9.17) is 16.3 Å². The number of carbonyl (C=O) groups is 1. The number of benzene rings is 4. The van der Waals surface area contributed by atoms with Crippen LogP contribution in [-0.2, 0) is 0 Å². The number of amides is 1. The molecule has 2 N–H and O–H groups in total. The fourth-order valence-corrected chi connectivity index (χ4v) is 3.67. The summed E-state index contributed by atoms with van der Waals surface area (Å²) in [6, 6.07) is 24.9. The normalized spacial score (nSPS) is 11.8. The first-order chi connectivity index (χ1) is 14.6. The molecule has 1 atom stereocenters. The zero-order valence-electron chi connectivity index (χ0n) is 16.3. The Morgan fingerprint density at radius 1 is 0.967 bits per heavy atom. The molecule has 0 radical (unpaired) electrons. The molecule has 4 aromatic carbocycles. The van der Waals surface area contributed by atoms with Crippen molar-refractivity contribution in [1.29, 1.82) is 0 Å². The number of nitrogens with one attached hydrogen (secondary N) is 1. The maximum Gasteiger partial charge on any atom is 0.252 e. The summed E-state index contributed by atoms with van der Waals surface area (Å²) in [5, 5.41) is 16.3. The summed E-state index contributed by atoms with van der Waals surface area (Å²) in [4.78, 5) is 13.1. The van der Waals surface area contributed by atoms with E-state index in [0.717, 1.165) is 16.3 Å². The Morgan fingerprint density at radius 2 is 1.73 bits per heavy atom. The Balaban J connectivity index is 1.83. The van der Waals surface area contributed by atoms with Crippen molar-refractivity contribution in [2.24, 2.45) is 0 Å². The van der Waals surface area contributed by atoms with Gasteiger partial charge in [-0.3, -0.25) is 4.79 Å². The standard InChI is InChI=1S/C25H20ClNO3/c1-30-20-7-4-6-18(15-20)25(29)27-24(17-9-12-19(26)13-10-17)23-21-8-3-2-5-16(21)11-14-22(23)28/h2-15,24,28H,1H3,(H,27,29)/t24-/m1/s1. The summed E-state index contributed by atoms with van der Waals surface area (Å²) in [5.74, 6) is 0.430. The number of aromatic hydroxyl groups is 1. The van der Waals surface area contributed by atoms with Gasteiger partial charge in [0.15, 0.2) is 0 Å². The van der Waals surface area contributed by atoms with Crippen molar-refractivity contribution >= 4 is 28.3 Å². The Kier molecular flexibility index (Phi) is 5.59. The predicted octanol–water partition coefficient (Wildman–Crippen LogP) is 5.73. The largest absolute Gasteiger partial charge is 0.508 e. The molecule has 0 spiro atoms. The zero-order valence-corrected chi connectivity index (χ0v) is 17.1. The van der Waals surface area contributed by atoms with Crippen molar-refractivity contribution in [3.63, 3.8) is 0 Å². The highest BCUT2D eigenvalue weighted by Crippen LogP contribution is 2.36. The number of halogens is 1. The van der Waals surface area contributed by atoms with Crippen molar-refractivity contribution in [2.45, 2.75) is 6.04 Å². The number of methoxy groups -OCH3 is 1. The number of fused-ring (bicyclic) bond motifs is 1. The SMILES string of the molecule is COc1cccc(C(=O)N[C@H](c2ccc(Cl)cc2)c2c(O)ccc3ccccc23)c1. The van der Waals surface area contributed by atoms with Gasteiger partial charge in [0.05, 0.1) is 13.2 Å². The van der Waals surface area contributed by atoms with Crippen LogP contribution in [0.25, 0.3) is 10.8 Å². The fraction of sp³-hybridized carbons (Fsp3) is 0.0800. The van der Waals surface area contributed by atoms with Gasteiger partial charge in [0.1, 0.15) is 11.5 Å². The quantitative estimate of drug-likeness (QED) is 0.436. The van der Waals surface area contributed by atoms with Gasteiger partial charge < -0.3 is 15.2 Å². The van der Waals surface area contributed by atoms with E-state index in [1.165, 1.54) is 0 Å². The maximum atomic E-state index is 13.1. The van der Waals surface area contributed by atoms with Crippen LogP contribution in [0.2, 0.25) is 5.02 Å². The Labute approximate surface area is 179 Å². The van der Waals surface area contributed by atoms with Gasteiger partial charge in [-0.05, 0) is 52.7 Å². The first-order valence-corrected chi connectivity index (χ1v) is 9.85. The van der Waals surface area contributed by atoms with Crippen molar-refractivity contribution in [3.8, 4) is 11.5 Å². The summed E-state index contributed by atoms with van der Waals surface area (Å²) in [6.07, 6.45) is 0. The van der Waals surface area contributed by atoms with E-state index in [1.807, 2.05) is 42.5 Å². The van der Waals surface area contributed by atoms with Gasteiger partial charge in [0.25, 0.3) is 5.91 Å². The van der Waals surface area contributed by atoms with Crippen LogP contribution in [0.5, 0.6) is 11.5 Å². The molecule has 4 aromatic rings. The number of hydrogen-bond acceptors (Lipinski definition) is 3. The zero-order chi connectivity index (χ0) is 21.1. The predicted molar refractivity (Wildman–Crippen MR) is 119 cm³/mol. The molecule has 4 nitrogen and oxygen atoms in total. The molecule has 0 saturated heterocycles. The monoisotopic (exact) mass is 417 g/mol. The number of phenolic OH excluding ortho intramolecular Hbond substituents is 1. The smallest absolute Gasteiger partial charge is 0.252 e. The van der Waals surface area contributed by atoms with Gasteiger partial charge in [-0.2, -0.15) is 0 Å². The molecule has 0 heterocycles. The third kappa shape index (κ3) is 3.95. The van der Waals surface area contributed by atoms with Crippen LogP contribution in [0.15, 0.2) is 84.9 Å². The summed E-state index contributed by atoms with van der Waals surface area (Å²) in [6.45, 7) is 0. The molecule has 0 saturated carbocycles. The third-order valence-corrected chi connectivity index (χ3v) is 5.30. The molecule has 0 fully saturated rings. The van der Waals surface area contributed by atoms with Gasteiger partial charge >= 0.3 is 0 Å². The Morgan fingerprint density at radius 3 is 2.50 bits per heavy atom. The maximum absolute atomic E-state index is 13.1. The lowest BCUT2D eigenvalue weighted by Gasteiger charge is -2.23. The molecule has 0 bridgehead atoms. The van der Waals surface area contributed by atoms with E-state index >= 15 is 0 Å². The van der Waals surface area contributed by atoms with Crippen molar-refractivity contribution in [3.05, 3.63) is 107 Å². The highest BCUT2D eigenvalue weighted by molar-refractivity contribution is 6.30. The summed E-state index contributed by atoms with van der Waals surface area (Å²) >= 11 is 6.07. The lowest BCUT2D eigenvalue weighted by atomic mass is 9.92. The number of hydrogen-bond donors (Lipinski definition) is 2. The Hall–Kier alpha value is -3.50. The molecule has 0 unspecified atom stereocenters. The number of ether oxygens (including phenoxy) is 1. The minimum absolute atomic E-state index is 0.111. The minimum atomic E-state index is -0.577. The van der Waals surface area contributed by atoms with Gasteiger partial charge in [0, 0.05) is 16.1 Å². The second-order valence-corrected chi connectivity index (χ2v) is 7.35. The van der Waals surface area contributed by atoms with E-state index in [1.54, 1.807) is 49.6 Å². The topological polar surface area (TPSA) is 58.6 Å². The van der Waals surface area contributed by atoms with Crippen molar-refractivity contribution in [1.82, 2.24) is 5.32 Å². The van der Waals surface area contributed by atoms with Crippen LogP contribution < -0.4 is 10.1 Å². The van der Waals surface area contributed by atoms with Crippen LogP contribution in [0.4, 0.5) is 0 Å². The van der Waals surface area contributed by atoms with Crippen molar-refractivity contribution < 1.29 is 14.6 Å². The van der Waals surface area contributed by atoms with Crippen LogP contribution in [0, 0.1) is 0 Å². The minimum Gasteiger partial charge on any atom is -0.508 e. The number of rotatable bonds is 5. The lowest BCUT2D eigenvalue weighted by Crippen LogP contribution is -2.29. The van der Waals surface area contributed by atoms with Gasteiger partial charge in [0.2, 0.25) is 0 Å². The van der Waals surface area contributed by atoms with E-state index in [9.17, 15) is 9.90 Å². The fourth-order valence-electron chi connectivity index (χ4n) is 3.54. The summed E-state index contributed by atoms with van der Waals surface area (Å²) in [7, 11) is 1.56. The third-order valence-electron chi connectivity index (χ3n) is 5.05. The lowest BCUT2D eigenvalue weighted by molar-refractivity contribution is 0.0942. The molecule has 4 rings (SSSR count). The molecule has 5 heteroatoms. The summed E-state index contributed by atoms with van der Waals surface area (Å²) in [5.41, 5.74) is 1.90. The van der Waals surface area contributed by atoms with Crippen LogP contribution in [0.3, 0.4) is 0 Å². The highest BCUT2D eigenvalue weighted by Gasteiger charge is 2.23. The van der Waals surface area contributed by atoms with E-state index in [0.29, 0.717) is 21.9 Å². The molecular weight excluding hydrogens is 398 g/mol. The average Bonchev–Trinajstić information content (AvgIpc) is 2.78. The number of carbonyl (C=O) groups excluding carboxylic acids is 1. The molecular formula is C25H20ClNO3.